The minimum Gasteiger partial charge on any atom is -0.480 e. The van der Waals surface area contributed by atoms with E-state index in [2.05, 4.69) is 121 Å². The number of hydrogen-bond donors (Lipinski definition) is 0. The molecule has 4 heteroatoms. The van der Waals surface area contributed by atoms with Gasteiger partial charge in [-0.2, -0.15) is 0 Å². The monoisotopic (exact) mass is 568 g/mol. The lowest BCUT2D eigenvalue weighted by molar-refractivity contribution is 0.369. The summed E-state index contributed by atoms with van der Waals surface area (Å²) in [5.41, 5.74) is 16.8. The Morgan fingerprint density at radius 3 is 1.23 bits per heavy atom. The Morgan fingerprint density at radius 1 is 0.432 bits per heavy atom. The predicted octanol–water partition coefficient (Wildman–Crippen LogP) is 8.56. The van der Waals surface area contributed by atoms with E-state index in [1.54, 1.807) is 7.11 Å². The molecule has 0 saturated carbocycles. The van der Waals surface area contributed by atoms with Crippen LogP contribution in [0.1, 0.15) is 96.0 Å². The third kappa shape index (κ3) is 2.93. The van der Waals surface area contributed by atoms with Crippen molar-refractivity contribution in [2.75, 3.05) is 7.11 Å². The van der Waals surface area contributed by atoms with E-state index in [-0.39, 0.29) is 23.7 Å². The number of aryl methyl sites for hydroxylation is 1. The third-order valence-electron chi connectivity index (χ3n) is 10.5. The number of methoxy groups -OCH3 is 1. The molecule has 0 saturated heterocycles. The van der Waals surface area contributed by atoms with Crippen molar-refractivity contribution in [3.8, 4) is 17.5 Å². The standard InChI is InChI=1S/C40H28N2O2/c1-21-19-20-30(36-31(21)32-22-11-3-5-13-24(22)33(36)25-14-6-4-12-23(25)32)44-40-38-35-28-17-9-7-15-26(28)34(27-16-8-10-18-29(27)35)37(38)39(43-2)41-42-40/h3-20,32-35H,1-2H3. The molecule has 0 radical (unpaired) electrons. The minimum atomic E-state index is -0.0130. The fraction of sp³-hybridized carbons (Fsp3) is 0.150. The van der Waals surface area contributed by atoms with E-state index in [0.29, 0.717) is 11.8 Å². The van der Waals surface area contributed by atoms with Crippen LogP contribution in [0.2, 0.25) is 0 Å². The molecule has 1 heterocycles. The lowest BCUT2D eigenvalue weighted by Gasteiger charge is -2.44. The van der Waals surface area contributed by atoms with Gasteiger partial charge in [0.05, 0.1) is 7.11 Å². The molecule has 210 valence electrons. The molecule has 1 aromatic heterocycles. The first-order chi connectivity index (χ1) is 21.7. The minimum absolute atomic E-state index is 0.0110. The highest BCUT2D eigenvalue weighted by Gasteiger charge is 2.47. The lowest BCUT2D eigenvalue weighted by Crippen LogP contribution is -2.30. The molecule has 0 unspecified atom stereocenters. The first-order valence-electron chi connectivity index (χ1n) is 15.4. The van der Waals surface area contributed by atoms with Crippen LogP contribution in [-0.2, 0) is 0 Å². The van der Waals surface area contributed by atoms with Gasteiger partial charge >= 0.3 is 0 Å². The molecular formula is C40H28N2O2. The zero-order valence-electron chi connectivity index (χ0n) is 24.4. The first-order valence-corrected chi connectivity index (χ1v) is 15.4. The molecular weight excluding hydrogens is 540 g/mol. The summed E-state index contributed by atoms with van der Waals surface area (Å²) in [7, 11) is 1.69. The molecule has 44 heavy (non-hydrogen) atoms. The fourth-order valence-corrected chi connectivity index (χ4v) is 8.87. The summed E-state index contributed by atoms with van der Waals surface area (Å²) < 4.78 is 13.0. The van der Waals surface area contributed by atoms with Crippen LogP contribution in [0.4, 0.5) is 0 Å². The SMILES string of the molecule is COc1nnc(Oc2ccc(C)c3c2C2c4ccccc4C3c3ccccc32)c2c1C1c3ccccc3C2c2ccccc21. The molecule has 5 aromatic carbocycles. The van der Waals surface area contributed by atoms with Crippen LogP contribution in [0.25, 0.3) is 0 Å². The maximum absolute atomic E-state index is 7.07. The second-order valence-corrected chi connectivity index (χ2v) is 12.4. The van der Waals surface area contributed by atoms with Crippen molar-refractivity contribution in [1.29, 1.82) is 0 Å². The summed E-state index contributed by atoms with van der Waals surface area (Å²) in [6.07, 6.45) is 0. The second kappa shape index (κ2) is 8.67. The molecule has 6 aromatic rings. The van der Waals surface area contributed by atoms with Gasteiger partial charge in [0.25, 0.3) is 0 Å². The molecule has 12 rings (SSSR count). The van der Waals surface area contributed by atoms with Crippen LogP contribution in [0, 0.1) is 6.92 Å². The first kappa shape index (κ1) is 24.2. The van der Waals surface area contributed by atoms with E-state index in [1.165, 1.54) is 61.2 Å². The molecule has 0 fully saturated rings. The smallest absolute Gasteiger partial charge is 0.243 e. The van der Waals surface area contributed by atoms with Gasteiger partial charge in [-0.05, 0) is 68.6 Å². The lowest BCUT2D eigenvalue weighted by atomic mass is 9.60. The van der Waals surface area contributed by atoms with E-state index in [9.17, 15) is 0 Å². The highest BCUT2D eigenvalue weighted by atomic mass is 16.5. The average Bonchev–Trinajstić information content (AvgIpc) is 3.09. The molecule has 0 atom stereocenters. The highest BCUT2D eigenvalue weighted by molar-refractivity contribution is 5.74. The van der Waals surface area contributed by atoms with Gasteiger partial charge in [0.2, 0.25) is 11.8 Å². The van der Waals surface area contributed by atoms with E-state index in [4.69, 9.17) is 14.6 Å². The molecule has 0 amide bonds. The number of benzene rings is 5. The van der Waals surface area contributed by atoms with E-state index >= 15 is 0 Å². The summed E-state index contributed by atoms with van der Waals surface area (Å²) in [5.74, 6) is 2.26. The Labute approximate surface area is 256 Å². The zero-order chi connectivity index (χ0) is 29.1. The van der Waals surface area contributed by atoms with Crippen molar-refractivity contribution in [3.05, 3.63) is 182 Å². The van der Waals surface area contributed by atoms with Crippen LogP contribution in [0.15, 0.2) is 109 Å². The summed E-state index contributed by atoms with van der Waals surface area (Å²) in [6, 6.07) is 39.7. The molecule has 4 nitrogen and oxygen atoms in total. The highest BCUT2D eigenvalue weighted by Crippen LogP contribution is 2.61. The fourth-order valence-electron chi connectivity index (χ4n) is 8.87. The van der Waals surface area contributed by atoms with Crippen molar-refractivity contribution in [2.45, 2.75) is 30.6 Å². The van der Waals surface area contributed by atoms with Crippen molar-refractivity contribution >= 4 is 0 Å². The Balaban J connectivity index is 1.20. The Hall–Kier alpha value is -5.22. The van der Waals surface area contributed by atoms with Crippen LogP contribution < -0.4 is 9.47 Å². The molecule has 0 aliphatic heterocycles. The van der Waals surface area contributed by atoms with Crippen molar-refractivity contribution in [3.63, 3.8) is 0 Å². The van der Waals surface area contributed by atoms with Gasteiger partial charge in [-0.1, -0.05) is 103 Å². The average molecular weight is 569 g/mol. The number of ether oxygens (including phenoxy) is 2. The van der Waals surface area contributed by atoms with Crippen molar-refractivity contribution in [1.82, 2.24) is 10.2 Å². The number of hydrogen-bond acceptors (Lipinski definition) is 4. The topological polar surface area (TPSA) is 44.2 Å². The maximum Gasteiger partial charge on any atom is 0.243 e. The number of nitrogens with zero attached hydrogens (tertiary/aromatic N) is 2. The summed E-state index contributed by atoms with van der Waals surface area (Å²) in [6.45, 7) is 2.23. The van der Waals surface area contributed by atoms with E-state index in [0.717, 1.165) is 16.9 Å². The molecule has 0 spiro atoms. The van der Waals surface area contributed by atoms with E-state index < -0.39 is 0 Å². The Kier molecular flexibility index (Phi) is 4.78. The summed E-state index contributed by atoms with van der Waals surface area (Å²) >= 11 is 0. The second-order valence-electron chi connectivity index (χ2n) is 12.4. The van der Waals surface area contributed by atoms with Crippen molar-refractivity contribution < 1.29 is 9.47 Å². The number of aromatic nitrogens is 2. The quantitative estimate of drug-likeness (QED) is 0.214. The van der Waals surface area contributed by atoms with Gasteiger partial charge in [0.1, 0.15) is 5.75 Å². The van der Waals surface area contributed by atoms with Gasteiger partial charge in [0, 0.05) is 40.4 Å². The molecule has 6 aliphatic rings. The Bertz CT molecular complexity index is 2110. The molecule has 6 aliphatic carbocycles. The summed E-state index contributed by atoms with van der Waals surface area (Å²) in [4.78, 5) is 0. The predicted molar refractivity (Wildman–Crippen MR) is 169 cm³/mol. The normalized spacial score (nSPS) is 20.5. The van der Waals surface area contributed by atoms with Gasteiger partial charge in [-0.3, -0.25) is 0 Å². The van der Waals surface area contributed by atoms with Crippen molar-refractivity contribution in [2.24, 2.45) is 0 Å². The third-order valence-corrected chi connectivity index (χ3v) is 10.5. The van der Waals surface area contributed by atoms with Gasteiger partial charge in [0.15, 0.2) is 0 Å². The molecule has 4 bridgehead atoms. The van der Waals surface area contributed by atoms with Crippen LogP contribution in [0.3, 0.4) is 0 Å². The largest absolute Gasteiger partial charge is 0.480 e. The molecule has 0 N–H and O–H groups in total. The van der Waals surface area contributed by atoms with Gasteiger partial charge < -0.3 is 9.47 Å². The zero-order valence-corrected chi connectivity index (χ0v) is 24.4. The van der Waals surface area contributed by atoms with E-state index in [1.807, 2.05) is 0 Å². The van der Waals surface area contributed by atoms with Gasteiger partial charge in [-0.25, -0.2) is 0 Å². The summed E-state index contributed by atoms with van der Waals surface area (Å²) in [5, 5.41) is 9.37. The van der Waals surface area contributed by atoms with Crippen LogP contribution >= 0.6 is 0 Å². The van der Waals surface area contributed by atoms with Gasteiger partial charge in [-0.15, -0.1) is 10.2 Å². The van der Waals surface area contributed by atoms with Crippen LogP contribution in [-0.4, -0.2) is 17.3 Å². The Morgan fingerprint density at radius 2 is 0.795 bits per heavy atom. The number of rotatable bonds is 3. The maximum atomic E-state index is 7.07. The van der Waals surface area contributed by atoms with Crippen LogP contribution in [0.5, 0.6) is 17.5 Å².